The fourth-order valence-corrected chi connectivity index (χ4v) is 7.66. The van der Waals surface area contributed by atoms with E-state index in [1.165, 1.54) is 9.13 Å². The minimum absolute atomic E-state index is 0.137. The van der Waals surface area contributed by atoms with Crippen LogP contribution in [0.1, 0.15) is 28.8 Å². The van der Waals surface area contributed by atoms with E-state index in [-0.39, 0.29) is 55.0 Å². The monoisotopic (exact) mass is 746 g/mol. The van der Waals surface area contributed by atoms with E-state index < -0.39 is 166 Å². The zero-order chi connectivity index (χ0) is 55.7. The Morgan fingerprint density at radius 2 is 0.754 bits per heavy atom. The first kappa shape index (κ1) is 17.5. The summed E-state index contributed by atoms with van der Waals surface area (Å²) in [6, 6.07) is 9.71. The molecule has 3 heterocycles. The average Bonchev–Trinajstić information content (AvgIpc) is 3.29. The van der Waals surface area contributed by atoms with Crippen molar-refractivity contribution in [3.63, 3.8) is 0 Å². The molecule has 0 fully saturated rings. The lowest BCUT2D eigenvalue weighted by Crippen LogP contribution is -1.96. The summed E-state index contributed by atoms with van der Waals surface area (Å²) >= 11 is 0. The van der Waals surface area contributed by atoms with Crippen LogP contribution in [0.15, 0.2) is 212 Å². The lowest BCUT2D eigenvalue weighted by Gasteiger charge is -2.12. The van der Waals surface area contributed by atoms with Crippen LogP contribution in [0.25, 0.3) is 105 Å². The quantitative estimate of drug-likeness (QED) is 0.167. The number of hydrogen-bond donors (Lipinski definition) is 0. The third-order valence-corrected chi connectivity index (χ3v) is 10.2. The Kier molecular flexibility index (Phi) is 3.81. The van der Waals surface area contributed by atoms with Gasteiger partial charge in [-0.05, 0) is 94.9 Å². The topological polar surface area (TPSA) is 14.8 Å². The largest absolute Gasteiger partial charge is 0.309 e. The van der Waals surface area contributed by atoms with E-state index in [0.29, 0.717) is 5.56 Å². The van der Waals surface area contributed by atoms with Crippen LogP contribution < -0.4 is 0 Å². The number of nitrogens with zero attached hydrogens (tertiary/aromatic N) is 3. The third kappa shape index (κ3) is 4.86. The smallest absolute Gasteiger partial charge is 0.0667 e. The van der Waals surface area contributed by atoms with Gasteiger partial charge in [-0.1, -0.05) is 139 Å². The summed E-state index contributed by atoms with van der Waals surface area (Å²) in [5, 5.41) is -1.69. The maximum atomic E-state index is 10.1. The number of para-hydroxylation sites is 4. The highest BCUT2D eigenvalue weighted by atomic mass is 15.0. The lowest BCUT2D eigenvalue weighted by atomic mass is 10.0. The van der Waals surface area contributed by atoms with Crippen molar-refractivity contribution in [1.82, 2.24) is 13.7 Å². The van der Waals surface area contributed by atoms with Crippen LogP contribution in [0.2, 0.25) is 0 Å². The Balaban J connectivity index is 1.26. The summed E-state index contributed by atoms with van der Waals surface area (Å²) in [5.74, 6) is 0. The standard InChI is InChI=1S/C54H35N3/c1-3-14-36(15-4-1)37-16-13-19-41(32-37)57-50-24-11-8-20-43(50)46-29-26-39(34-53(46)57)38-27-31-52-48(33-38)45-22-9-12-25-51(45)56(52)42-28-30-47-44-21-7-10-23-49(44)55(54(47)35-42)40-17-5-2-6-18-40/h1-35H/i7D,8D,9D,10D,11D,12D,20D,21D,22D,23D,24D,25D,26D,27D,28D,29D,30D,31D,33D,34D,35D. The van der Waals surface area contributed by atoms with Crippen LogP contribution in [0.3, 0.4) is 0 Å². The molecular formula is C54H35N3. The molecule has 0 unspecified atom stereocenters. The highest BCUT2D eigenvalue weighted by Gasteiger charge is 2.18. The van der Waals surface area contributed by atoms with E-state index >= 15 is 0 Å². The Labute approximate surface area is 359 Å². The summed E-state index contributed by atoms with van der Waals surface area (Å²) < 4.78 is 199. The molecule has 0 atom stereocenters. The van der Waals surface area contributed by atoms with Gasteiger partial charge in [-0.2, -0.15) is 0 Å². The van der Waals surface area contributed by atoms with E-state index in [0.717, 1.165) is 10.1 Å². The molecule has 3 nitrogen and oxygen atoms in total. The van der Waals surface area contributed by atoms with E-state index in [1.54, 1.807) is 48.5 Å². The Morgan fingerprint density at radius 1 is 0.281 bits per heavy atom. The van der Waals surface area contributed by atoms with Gasteiger partial charge in [0.15, 0.2) is 0 Å². The molecular weight excluding hydrogens is 691 g/mol. The highest BCUT2D eigenvalue weighted by Crippen LogP contribution is 2.40. The zero-order valence-corrected chi connectivity index (χ0v) is 29.4. The van der Waals surface area contributed by atoms with Crippen molar-refractivity contribution in [1.29, 1.82) is 0 Å². The molecule has 0 saturated heterocycles. The number of benzene rings is 9. The van der Waals surface area contributed by atoms with Gasteiger partial charge in [0.25, 0.3) is 0 Å². The fraction of sp³-hybridized carbons (Fsp3) is 0. The van der Waals surface area contributed by atoms with E-state index in [4.69, 9.17) is 12.3 Å². The van der Waals surface area contributed by atoms with Crippen LogP contribution in [0, 0.1) is 0 Å². The first-order valence-electron chi connectivity index (χ1n) is 28.4. The molecule has 12 rings (SSSR count). The van der Waals surface area contributed by atoms with Gasteiger partial charge in [0.05, 0.1) is 61.9 Å². The molecule has 0 N–H and O–H groups in total. The van der Waals surface area contributed by atoms with Crippen molar-refractivity contribution in [2.45, 2.75) is 0 Å². The molecule has 0 aliphatic carbocycles. The number of hydrogen-bond acceptors (Lipinski definition) is 0. The Bertz CT molecular complexity index is 4740. The maximum Gasteiger partial charge on any atom is 0.0667 e. The van der Waals surface area contributed by atoms with Crippen LogP contribution >= 0.6 is 0 Å². The van der Waals surface area contributed by atoms with Crippen molar-refractivity contribution >= 4 is 65.4 Å². The number of rotatable bonds is 5. The summed E-state index contributed by atoms with van der Waals surface area (Å²) in [7, 11) is 0. The minimum Gasteiger partial charge on any atom is -0.309 e. The van der Waals surface area contributed by atoms with E-state index in [1.807, 2.05) is 36.4 Å². The molecule has 57 heavy (non-hydrogen) atoms. The second-order valence-electron chi connectivity index (χ2n) is 13.3. The van der Waals surface area contributed by atoms with Crippen molar-refractivity contribution < 1.29 is 28.8 Å². The Hall–Kier alpha value is -7.62. The fourth-order valence-electron chi connectivity index (χ4n) is 7.66. The first-order valence-corrected chi connectivity index (χ1v) is 17.9. The minimum atomic E-state index is -0.863. The Morgan fingerprint density at radius 3 is 1.46 bits per heavy atom. The maximum absolute atomic E-state index is 10.1. The van der Waals surface area contributed by atoms with Crippen LogP contribution in [-0.4, -0.2) is 13.7 Å². The third-order valence-electron chi connectivity index (χ3n) is 10.2. The van der Waals surface area contributed by atoms with Gasteiger partial charge in [-0.15, -0.1) is 0 Å². The van der Waals surface area contributed by atoms with Crippen LogP contribution in [0.4, 0.5) is 0 Å². The van der Waals surface area contributed by atoms with Gasteiger partial charge < -0.3 is 13.7 Å². The van der Waals surface area contributed by atoms with Crippen molar-refractivity contribution in [3.8, 4) is 39.3 Å². The van der Waals surface area contributed by atoms with Gasteiger partial charge in [0, 0.05) is 49.4 Å². The second-order valence-corrected chi connectivity index (χ2v) is 13.3. The van der Waals surface area contributed by atoms with Gasteiger partial charge in [0.2, 0.25) is 0 Å². The zero-order valence-electron chi connectivity index (χ0n) is 50.4. The summed E-state index contributed by atoms with van der Waals surface area (Å²) in [6.45, 7) is 0. The molecule has 0 amide bonds. The summed E-state index contributed by atoms with van der Waals surface area (Å²) in [6.07, 6.45) is 0. The van der Waals surface area contributed by atoms with Gasteiger partial charge in [0.1, 0.15) is 0 Å². The molecule has 0 aliphatic heterocycles. The molecule has 12 aromatic rings. The highest BCUT2D eigenvalue weighted by molar-refractivity contribution is 6.14. The normalized spacial score (nSPS) is 17.0. The molecule has 9 aromatic carbocycles. The lowest BCUT2D eigenvalue weighted by molar-refractivity contribution is 1.15. The SMILES string of the molecule is [2H]c1c([2H])c([2H])c2c(c1[2H])c1c([2H])c([2H])c(-c3c([2H])c([2H])c4c(c3[2H])c3c([2H])c([2H])c([2H])c([2H])c3n4-c3c([2H])c([2H])c4c5c([2H])c([2H])c([2H])c([2H])c5n(-c5ccccc5)c4c3[2H])c([2H])c1n2-c1cccc(-c2ccccc2)c1. The van der Waals surface area contributed by atoms with Gasteiger partial charge in [-0.3, -0.25) is 0 Å². The van der Waals surface area contributed by atoms with Gasteiger partial charge >= 0.3 is 0 Å². The van der Waals surface area contributed by atoms with E-state index in [2.05, 4.69) is 0 Å². The molecule has 0 bridgehead atoms. The first-order chi connectivity index (χ1) is 37.1. The number of aromatic nitrogens is 3. The van der Waals surface area contributed by atoms with Crippen molar-refractivity contribution in [2.24, 2.45) is 0 Å². The molecule has 0 spiro atoms. The number of fused-ring (bicyclic) bond motifs is 9. The molecule has 3 heteroatoms. The van der Waals surface area contributed by atoms with E-state index in [9.17, 15) is 16.4 Å². The molecule has 0 aliphatic rings. The predicted octanol–water partition coefficient (Wildman–Crippen LogP) is 14.3. The predicted molar refractivity (Wildman–Crippen MR) is 240 cm³/mol. The molecule has 0 saturated carbocycles. The summed E-state index contributed by atoms with van der Waals surface area (Å²) in [4.78, 5) is 0. The average molecular weight is 747 g/mol. The summed E-state index contributed by atoms with van der Waals surface area (Å²) in [5.41, 5.74) is -1.45. The van der Waals surface area contributed by atoms with Crippen LogP contribution in [0.5, 0.6) is 0 Å². The second kappa shape index (κ2) is 12.5. The van der Waals surface area contributed by atoms with Crippen molar-refractivity contribution in [2.75, 3.05) is 0 Å². The molecule has 3 aromatic heterocycles. The van der Waals surface area contributed by atoms with Crippen LogP contribution in [-0.2, 0) is 0 Å². The van der Waals surface area contributed by atoms with Crippen molar-refractivity contribution in [3.05, 3.63) is 212 Å². The molecule has 0 radical (unpaired) electrons. The molecule has 266 valence electrons. The van der Waals surface area contributed by atoms with Gasteiger partial charge in [-0.25, -0.2) is 0 Å².